The number of carbonyl (C=O) groups is 1. The maximum Gasteiger partial charge on any atom is 0.251 e. The summed E-state index contributed by atoms with van der Waals surface area (Å²) in [6.07, 6.45) is 5.96. The van der Waals surface area contributed by atoms with Gasteiger partial charge in [0.05, 0.1) is 0 Å². The monoisotopic (exact) mass is 389 g/mol. The predicted molar refractivity (Wildman–Crippen MR) is 116 cm³/mol. The van der Waals surface area contributed by atoms with Crippen molar-refractivity contribution in [3.63, 3.8) is 0 Å². The summed E-state index contributed by atoms with van der Waals surface area (Å²) in [4.78, 5) is 19.1. The summed E-state index contributed by atoms with van der Waals surface area (Å²) in [5, 5.41) is 14.3. The van der Waals surface area contributed by atoms with E-state index in [9.17, 15) is 9.90 Å². The number of rotatable bonds is 4. The van der Waals surface area contributed by atoms with E-state index in [1.807, 2.05) is 42.5 Å². The number of phenols is 1. The molecule has 0 unspecified atom stereocenters. The molecule has 2 aromatic carbocycles. The smallest absolute Gasteiger partial charge is 0.251 e. The number of benzene rings is 2. The fourth-order valence-electron chi connectivity index (χ4n) is 4.16. The molecular weight excluding hydrogens is 362 g/mol. The van der Waals surface area contributed by atoms with E-state index in [2.05, 4.69) is 29.3 Å². The van der Waals surface area contributed by atoms with E-state index in [4.69, 9.17) is 0 Å². The molecular formula is C24H27N3O2. The number of carbonyl (C=O) groups excluding carboxylic acids is 1. The second-order valence-corrected chi connectivity index (χ2v) is 8.09. The molecule has 150 valence electrons. The number of hydrogen-bond donors (Lipinski definition) is 2. The van der Waals surface area contributed by atoms with Crippen LogP contribution in [0.15, 0.2) is 54.7 Å². The first kappa shape index (κ1) is 19.4. The summed E-state index contributed by atoms with van der Waals surface area (Å²) in [5.41, 5.74) is 3.11. The van der Waals surface area contributed by atoms with Crippen molar-refractivity contribution in [2.75, 3.05) is 14.1 Å². The normalized spacial score (nSPS) is 19.4. The molecule has 1 saturated carbocycles. The summed E-state index contributed by atoms with van der Waals surface area (Å²) in [5.74, 6) is 0.142. The largest absolute Gasteiger partial charge is 0.506 e. The molecule has 5 heteroatoms. The maximum absolute atomic E-state index is 12.6. The van der Waals surface area contributed by atoms with Gasteiger partial charge in [0.1, 0.15) is 11.3 Å². The molecule has 29 heavy (non-hydrogen) atoms. The number of aromatic nitrogens is 1. The van der Waals surface area contributed by atoms with Gasteiger partial charge in [-0.3, -0.25) is 9.78 Å². The van der Waals surface area contributed by atoms with Gasteiger partial charge in [0.25, 0.3) is 5.91 Å². The van der Waals surface area contributed by atoms with Crippen LogP contribution < -0.4 is 5.32 Å². The van der Waals surface area contributed by atoms with Crippen molar-refractivity contribution in [3.8, 4) is 16.9 Å². The van der Waals surface area contributed by atoms with E-state index in [0.717, 1.165) is 42.2 Å². The van der Waals surface area contributed by atoms with Crippen LogP contribution in [0, 0.1) is 0 Å². The van der Waals surface area contributed by atoms with Crippen LogP contribution in [0.3, 0.4) is 0 Å². The van der Waals surface area contributed by atoms with Gasteiger partial charge in [-0.1, -0.05) is 18.2 Å². The minimum Gasteiger partial charge on any atom is -0.506 e. The molecule has 0 bridgehead atoms. The molecule has 1 aromatic heterocycles. The Morgan fingerprint density at radius 1 is 1.03 bits per heavy atom. The molecule has 0 spiro atoms. The number of aromatic hydroxyl groups is 1. The molecule has 3 aromatic rings. The SMILES string of the molecule is CN(C)C1CCC(NC(=O)c2ccc(-c3cc(O)c4ncccc4c3)cc2)CC1. The first-order valence-corrected chi connectivity index (χ1v) is 10.2. The molecule has 1 aliphatic carbocycles. The average Bonchev–Trinajstić information content (AvgIpc) is 2.74. The molecule has 1 amide bonds. The van der Waals surface area contributed by atoms with E-state index >= 15 is 0 Å². The zero-order valence-electron chi connectivity index (χ0n) is 16.9. The quantitative estimate of drug-likeness (QED) is 0.702. The Hall–Kier alpha value is -2.92. The summed E-state index contributed by atoms with van der Waals surface area (Å²) >= 11 is 0. The Bertz CT molecular complexity index is 1010. The average molecular weight is 389 g/mol. The Kier molecular flexibility index (Phi) is 5.49. The number of nitrogens with one attached hydrogen (secondary N) is 1. The second kappa shape index (κ2) is 8.21. The van der Waals surface area contributed by atoms with E-state index < -0.39 is 0 Å². The van der Waals surface area contributed by atoms with Crippen LogP contribution in [-0.4, -0.2) is 47.1 Å². The number of fused-ring (bicyclic) bond motifs is 1. The number of amides is 1. The molecule has 0 atom stereocenters. The van der Waals surface area contributed by atoms with Crippen LogP contribution in [0.4, 0.5) is 0 Å². The van der Waals surface area contributed by atoms with Gasteiger partial charge in [-0.05, 0) is 81.2 Å². The molecule has 2 N–H and O–H groups in total. The second-order valence-electron chi connectivity index (χ2n) is 8.09. The molecule has 0 radical (unpaired) electrons. The van der Waals surface area contributed by atoms with Crippen molar-refractivity contribution in [2.24, 2.45) is 0 Å². The molecule has 0 aliphatic heterocycles. The van der Waals surface area contributed by atoms with Gasteiger partial charge < -0.3 is 15.3 Å². The van der Waals surface area contributed by atoms with Crippen LogP contribution in [-0.2, 0) is 0 Å². The van der Waals surface area contributed by atoms with Crippen molar-refractivity contribution >= 4 is 16.8 Å². The minimum absolute atomic E-state index is 0.0181. The van der Waals surface area contributed by atoms with Crippen LogP contribution in [0.2, 0.25) is 0 Å². The van der Waals surface area contributed by atoms with Crippen molar-refractivity contribution < 1.29 is 9.90 Å². The highest BCUT2D eigenvalue weighted by Crippen LogP contribution is 2.30. The van der Waals surface area contributed by atoms with Crippen molar-refractivity contribution in [3.05, 3.63) is 60.3 Å². The van der Waals surface area contributed by atoms with Crippen molar-refractivity contribution in [2.45, 2.75) is 37.8 Å². The highest BCUT2D eigenvalue weighted by molar-refractivity contribution is 5.95. The number of hydrogen-bond acceptors (Lipinski definition) is 4. The van der Waals surface area contributed by atoms with E-state index in [-0.39, 0.29) is 17.7 Å². The molecule has 4 rings (SSSR count). The first-order chi connectivity index (χ1) is 14.0. The minimum atomic E-state index is -0.0181. The molecule has 1 heterocycles. The molecule has 1 aliphatic rings. The van der Waals surface area contributed by atoms with Crippen molar-refractivity contribution in [1.29, 1.82) is 0 Å². The summed E-state index contributed by atoms with van der Waals surface area (Å²) in [6.45, 7) is 0. The lowest BCUT2D eigenvalue weighted by atomic mass is 9.90. The van der Waals surface area contributed by atoms with E-state index in [1.54, 1.807) is 12.3 Å². The Morgan fingerprint density at radius 2 is 1.76 bits per heavy atom. The van der Waals surface area contributed by atoms with Crippen molar-refractivity contribution in [1.82, 2.24) is 15.2 Å². The van der Waals surface area contributed by atoms with Gasteiger partial charge in [0, 0.05) is 29.2 Å². The highest BCUT2D eigenvalue weighted by atomic mass is 16.3. The van der Waals surface area contributed by atoms with Gasteiger partial charge in [0.15, 0.2) is 0 Å². The Morgan fingerprint density at radius 3 is 2.45 bits per heavy atom. The molecule has 0 saturated heterocycles. The van der Waals surface area contributed by atoms with Gasteiger partial charge in [-0.15, -0.1) is 0 Å². The number of phenolic OH excluding ortho intramolecular Hbond substituents is 1. The number of pyridine rings is 1. The molecule has 5 nitrogen and oxygen atoms in total. The summed E-state index contributed by atoms with van der Waals surface area (Å²) < 4.78 is 0. The third kappa shape index (κ3) is 4.25. The lowest BCUT2D eigenvalue weighted by Gasteiger charge is -2.33. The maximum atomic E-state index is 12.6. The third-order valence-electron chi connectivity index (χ3n) is 5.93. The van der Waals surface area contributed by atoms with E-state index in [1.165, 1.54) is 0 Å². The van der Waals surface area contributed by atoms with Gasteiger partial charge >= 0.3 is 0 Å². The summed E-state index contributed by atoms with van der Waals surface area (Å²) in [7, 11) is 4.24. The fourth-order valence-corrected chi connectivity index (χ4v) is 4.16. The van der Waals surface area contributed by atoms with E-state index in [0.29, 0.717) is 17.1 Å². The Labute approximate surface area is 171 Å². The topological polar surface area (TPSA) is 65.5 Å². The first-order valence-electron chi connectivity index (χ1n) is 10.2. The fraction of sp³-hybridized carbons (Fsp3) is 0.333. The van der Waals surface area contributed by atoms with Gasteiger partial charge in [0.2, 0.25) is 0 Å². The Balaban J connectivity index is 1.45. The van der Waals surface area contributed by atoms with Crippen LogP contribution in [0.1, 0.15) is 36.0 Å². The standard InChI is InChI=1S/C24H27N3O2/c1-27(2)21-11-9-20(10-12-21)26-24(29)17-7-5-16(6-8-17)19-14-18-4-3-13-25-23(18)22(28)15-19/h3-8,13-15,20-21,28H,9-12H2,1-2H3,(H,26,29). The third-order valence-corrected chi connectivity index (χ3v) is 5.93. The van der Waals surface area contributed by atoms with Gasteiger partial charge in [-0.25, -0.2) is 0 Å². The summed E-state index contributed by atoms with van der Waals surface area (Å²) in [6, 6.07) is 15.9. The number of nitrogens with zero attached hydrogens (tertiary/aromatic N) is 2. The van der Waals surface area contributed by atoms with Gasteiger partial charge in [-0.2, -0.15) is 0 Å². The predicted octanol–water partition coefficient (Wildman–Crippen LogP) is 4.21. The highest BCUT2D eigenvalue weighted by Gasteiger charge is 2.23. The lowest BCUT2D eigenvalue weighted by Crippen LogP contribution is -2.41. The van der Waals surface area contributed by atoms with Crippen LogP contribution in [0.25, 0.3) is 22.0 Å². The molecule has 1 fully saturated rings. The zero-order valence-corrected chi connectivity index (χ0v) is 16.9. The zero-order chi connectivity index (χ0) is 20.4. The lowest BCUT2D eigenvalue weighted by molar-refractivity contribution is 0.0916. The van der Waals surface area contributed by atoms with Crippen LogP contribution >= 0.6 is 0 Å². The van der Waals surface area contributed by atoms with Crippen LogP contribution in [0.5, 0.6) is 5.75 Å².